The van der Waals surface area contributed by atoms with Crippen molar-refractivity contribution in [1.29, 1.82) is 0 Å². The van der Waals surface area contributed by atoms with E-state index in [9.17, 15) is 14.4 Å². The van der Waals surface area contributed by atoms with Crippen LogP contribution < -0.4 is 11.2 Å². The summed E-state index contributed by atoms with van der Waals surface area (Å²) in [6, 6.07) is 9.30. The molecule has 0 spiro atoms. The summed E-state index contributed by atoms with van der Waals surface area (Å²) in [5.74, 6) is 0.470. The normalized spacial score (nSPS) is 18.3. The fourth-order valence-electron chi connectivity index (χ4n) is 3.26. The molecule has 1 aliphatic carbocycles. The topological polar surface area (TPSA) is 109 Å². The highest BCUT2D eigenvalue weighted by atomic mass is 35.5. The summed E-state index contributed by atoms with van der Waals surface area (Å²) in [6.07, 6.45) is 2.21. The van der Waals surface area contributed by atoms with Crippen LogP contribution in [0.3, 0.4) is 0 Å². The first kappa shape index (κ1) is 17.4. The quantitative estimate of drug-likeness (QED) is 0.674. The number of carbonyl (C=O) groups is 1. The van der Waals surface area contributed by atoms with E-state index in [1.807, 2.05) is 24.3 Å². The highest BCUT2D eigenvalue weighted by molar-refractivity contribution is 6.30. The Bertz CT molecular complexity index is 1150. The van der Waals surface area contributed by atoms with Crippen molar-refractivity contribution >= 4 is 17.4 Å². The van der Waals surface area contributed by atoms with Gasteiger partial charge in [0, 0.05) is 11.8 Å². The van der Waals surface area contributed by atoms with Crippen molar-refractivity contribution in [2.45, 2.75) is 25.2 Å². The molecule has 7 nitrogen and oxygen atoms in total. The molecule has 27 heavy (non-hydrogen) atoms. The second-order valence-electron chi connectivity index (χ2n) is 6.59. The van der Waals surface area contributed by atoms with Crippen LogP contribution in [-0.2, 0) is 0 Å². The van der Waals surface area contributed by atoms with Gasteiger partial charge in [0.25, 0.3) is 5.56 Å². The Morgan fingerprint density at radius 1 is 1.15 bits per heavy atom. The monoisotopic (exact) mass is 382 g/mol. The molecule has 0 radical (unpaired) electrons. The zero-order chi connectivity index (χ0) is 19.1. The van der Waals surface area contributed by atoms with Crippen LogP contribution in [0.5, 0.6) is 0 Å². The number of halogens is 1. The molecule has 2 heterocycles. The van der Waals surface area contributed by atoms with Gasteiger partial charge in [-0.15, -0.1) is 10.2 Å². The molecule has 8 heteroatoms. The molecule has 3 aromatic rings. The van der Waals surface area contributed by atoms with Crippen LogP contribution in [0.2, 0.25) is 5.15 Å². The van der Waals surface area contributed by atoms with Crippen molar-refractivity contribution in [3.8, 4) is 11.3 Å². The molecule has 0 aliphatic heterocycles. The minimum atomic E-state index is -0.581. The van der Waals surface area contributed by atoms with Gasteiger partial charge in [-0.05, 0) is 42.4 Å². The van der Waals surface area contributed by atoms with Gasteiger partial charge in [-0.2, -0.15) is 0 Å². The molecule has 2 N–H and O–H groups in total. The van der Waals surface area contributed by atoms with Crippen LogP contribution in [0.1, 0.15) is 46.7 Å². The lowest BCUT2D eigenvalue weighted by Gasteiger charge is -2.06. The number of aromatic amines is 2. The first-order valence-corrected chi connectivity index (χ1v) is 8.78. The van der Waals surface area contributed by atoms with Gasteiger partial charge >= 0.3 is 5.69 Å². The van der Waals surface area contributed by atoms with Crippen LogP contribution >= 0.6 is 11.6 Å². The molecule has 0 amide bonds. The van der Waals surface area contributed by atoms with Crippen LogP contribution in [0, 0.1) is 0 Å². The summed E-state index contributed by atoms with van der Waals surface area (Å²) < 4.78 is 0. The zero-order valence-electron chi connectivity index (χ0n) is 14.3. The van der Waals surface area contributed by atoms with Gasteiger partial charge in [-0.25, -0.2) is 4.79 Å². The maximum atomic E-state index is 12.0. The molecule has 136 valence electrons. The number of hydrogen-bond donors (Lipinski definition) is 2. The fraction of sp³-hybridized carbons (Fsp3) is 0.211. The van der Waals surface area contributed by atoms with Crippen LogP contribution in [0.25, 0.3) is 11.3 Å². The Hall–Kier alpha value is -3.06. The minimum absolute atomic E-state index is 0.0334. The molecular formula is C19H15ClN4O3. The van der Waals surface area contributed by atoms with Gasteiger partial charge in [0.15, 0.2) is 10.9 Å². The van der Waals surface area contributed by atoms with Crippen LogP contribution in [0.15, 0.2) is 46.1 Å². The van der Waals surface area contributed by atoms with E-state index < -0.39 is 11.2 Å². The molecule has 0 unspecified atom stereocenters. The summed E-state index contributed by atoms with van der Waals surface area (Å²) in [6.45, 7) is 1.54. The lowest BCUT2D eigenvalue weighted by atomic mass is 10.0. The number of H-pyrrole nitrogens is 2. The lowest BCUT2D eigenvalue weighted by Crippen LogP contribution is -2.23. The number of Topliss-reactive ketones (excluding diaryl/α,β-unsaturated/α-hetero) is 1. The molecule has 1 saturated carbocycles. The Morgan fingerprint density at radius 2 is 1.89 bits per heavy atom. The number of rotatable bonds is 4. The predicted molar refractivity (Wildman–Crippen MR) is 100 cm³/mol. The third-order valence-corrected chi connectivity index (χ3v) is 5.10. The molecule has 2 aromatic heterocycles. The van der Waals surface area contributed by atoms with Gasteiger partial charge in [0.2, 0.25) is 0 Å². The average molecular weight is 383 g/mol. The second kappa shape index (κ2) is 6.59. The summed E-state index contributed by atoms with van der Waals surface area (Å²) in [4.78, 5) is 39.2. The maximum absolute atomic E-state index is 12.0. The van der Waals surface area contributed by atoms with Gasteiger partial charge in [-0.1, -0.05) is 35.9 Å². The minimum Gasteiger partial charge on any atom is -0.313 e. The van der Waals surface area contributed by atoms with Crippen molar-refractivity contribution in [2.24, 2.45) is 0 Å². The Morgan fingerprint density at radius 3 is 2.56 bits per heavy atom. The van der Waals surface area contributed by atoms with Gasteiger partial charge in [0.05, 0.1) is 5.56 Å². The third kappa shape index (κ3) is 3.33. The second-order valence-corrected chi connectivity index (χ2v) is 6.95. The third-order valence-electron chi connectivity index (χ3n) is 4.81. The standard InChI is InChI=1S/C19H15ClN4O3/c1-9(25)10-2-4-11(5-3-10)12-6-13(12)14-7-16(23-24-17(14)20)15-8-21-19(27)22-18(15)26/h2-5,7-8,12-13H,6H2,1H3,(H2,21,22,26,27)/t12-,13+/m1/s1. The number of nitrogens with one attached hydrogen (secondary N) is 2. The maximum Gasteiger partial charge on any atom is 0.325 e. The first-order valence-electron chi connectivity index (χ1n) is 8.40. The van der Waals surface area contributed by atoms with E-state index in [0.717, 1.165) is 17.5 Å². The first-order chi connectivity index (χ1) is 12.9. The summed E-state index contributed by atoms with van der Waals surface area (Å²) in [5, 5.41) is 8.25. The number of ketones is 1. The molecule has 4 rings (SSSR count). The zero-order valence-corrected chi connectivity index (χ0v) is 15.1. The van der Waals surface area contributed by atoms with Crippen molar-refractivity contribution in [3.05, 3.63) is 79.2 Å². The van der Waals surface area contributed by atoms with E-state index in [4.69, 9.17) is 11.6 Å². The summed E-state index contributed by atoms with van der Waals surface area (Å²) in [5.41, 5.74) is 2.08. The van der Waals surface area contributed by atoms with Crippen molar-refractivity contribution in [3.63, 3.8) is 0 Å². The van der Waals surface area contributed by atoms with E-state index in [0.29, 0.717) is 16.4 Å². The SMILES string of the molecule is CC(=O)c1ccc([C@H]2C[C@@H]2c2cc(-c3c[nH]c(=O)[nH]c3=O)nnc2Cl)cc1. The predicted octanol–water partition coefficient (Wildman–Crippen LogP) is 2.65. The van der Waals surface area contributed by atoms with E-state index in [2.05, 4.69) is 20.2 Å². The Labute approximate surface area is 158 Å². The van der Waals surface area contributed by atoms with Gasteiger partial charge < -0.3 is 4.98 Å². The van der Waals surface area contributed by atoms with Crippen LogP contribution in [-0.4, -0.2) is 25.9 Å². The van der Waals surface area contributed by atoms with Gasteiger partial charge in [-0.3, -0.25) is 14.6 Å². The number of aromatic nitrogens is 4. The average Bonchev–Trinajstić information content (AvgIpc) is 3.43. The largest absolute Gasteiger partial charge is 0.325 e. The Kier molecular flexibility index (Phi) is 4.24. The van der Waals surface area contributed by atoms with E-state index in [-0.39, 0.29) is 23.2 Å². The van der Waals surface area contributed by atoms with Crippen molar-refractivity contribution in [2.75, 3.05) is 0 Å². The van der Waals surface area contributed by atoms with E-state index in [1.165, 1.54) is 13.1 Å². The number of carbonyl (C=O) groups excluding carboxylic acids is 1. The number of benzene rings is 1. The summed E-state index contributed by atoms with van der Waals surface area (Å²) in [7, 11) is 0. The summed E-state index contributed by atoms with van der Waals surface area (Å²) >= 11 is 6.24. The molecule has 0 saturated heterocycles. The molecule has 0 bridgehead atoms. The van der Waals surface area contributed by atoms with E-state index in [1.54, 1.807) is 6.07 Å². The van der Waals surface area contributed by atoms with Gasteiger partial charge in [0.1, 0.15) is 5.69 Å². The highest BCUT2D eigenvalue weighted by Crippen LogP contribution is 2.56. The van der Waals surface area contributed by atoms with E-state index >= 15 is 0 Å². The lowest BCUT2D eigenvalue weighted by molar-refractivity contribution is 0.101. The number of hydrogen-bond acceptors (Lipinski definition) is 5. The fourth-order valence-corrected chi connectivity index (χ4v) is 3.49. The molecule has 1 fully saturated rings. The highest BCUT2D eigenvalue weighted by Gasteiger charge is 2.41. The molecule has 1 aromatic carbocycles. The van der Waals surface area contributed by atoms with Crippen LogP contribution in [0.4, 0.5) is 0 Å². The molecule has 2 atom stereocenters. The smallest absolute Gasteiger partial charge is 0.313 e. The Balaban J connectivity index is 1.64. The molecular weight excluding hydrogens is 368 g/mol. The van der Waals surface area contributed by atoms with Crippen molar-refractivity contribution < 1.29 is 4.79 Å². The molecule has 1 aliphatic rings. The van der Waals surface area contributed by atoms with Crippen molar-refractivity contribution in [1.82, 2.24) is 20.2 Å². The number of nitrogens with zero attached hydrogens (tertiary/aromatic N) is 2.